The Morgan fingerprint density at radius 3 is 2.20 bits per heavy atom. The predicted octanol–water partition coefficient (Wildman–Crippen LogP) is 5.20. The van der Waals surface area contributed by atoms with Crippen LogP contribution in [0.25, 0.3) is 0 Å². The van der Waals surface area contributed by atoms with Crippen molar-refractivity contribution in [1.82, 2.24) is 0 Å². The van der Waals surface area contributed by atoms with E-state index in [9.17, 15) is 0 Å². The molecule has 6 rings (SSSR count). The molecule has 5 fully saturated rings. The maximum absolute atomic E-state index is 6.77. The van der Waals surface area contributed by atoms with Crippen LogP contribution < -0.4 is 0 Å². The van der Waals surface area contributed by atoms with Crippen molar-refractivity contribution in [2.24, 2.45) is 46.3 Å². The summed E-state index contributed by atoms with van der Waals surface area (Å²) in [6.07, 6.45) is 7.61. The second-order valence-electron chi connectivity index (χ2n) is 8.25. The van der Waals surface area contributed by atoms with E-state index >= 15 is 0 Å². The fourth-order valence-electron chi connectivity index (χ4n) is 7.18. The molecule has 20 heavy (non-hydrogen) atoms. The Kier molecular flexibility index (Phi) is 1.91. The summed E-state index contributed by atoms with van der Waals surface area (Å²) in [6.45, 7) is 0. The summed E-state index contributed by atoms with van der Waals surface area (Å²) in [6, 6.07) is 0. The Hall–Kier alpha value is 0.900. The highest BCUT2D eigenvalue weighted by Crippen LogP contribution is 2.92. The molecule has 2 spiro atoms. The lowest BCUT2D eigenvalue weighted by molar-refractivity contribution is 0.182. The normalized spacial score (nSPS) is 60.2. The van der Waals surface area contributed by atoms with Gasteiger partial charge in [-0.1, -0.05) is 17.7 Å². The summed E-state index contributed by atoms with van der Waals surface area (Å²) in [7, 11) is 0. The molecule has 0 unspecified atom stereocenters. The minimum absolute atomic E-state index is 0.0421. The lowest BCUT2D eigenvalue weighted by Gasteiger charge is -2.36. The van der Waals surface area contributed by atoms with E-state index in [2.05, 4.69) is 6.08 Å². The van der Waals surface area contributed by atoms with Crippen LogP contribution in [0.2, 0.25) is 0 Å². The van der Waals surface area contributed by atoms with Gasteiger partial charge in [0.1, 0.15) is 4.33 Å². The number of alkyl halides is 3. The average molecular weight is 350 g/mol. The van der Waals surface area contributed by atoms with Crippen LogP contribution in [-0.2, 0) is 0 Å². The minimum Gasteiger partial charge on any atom is -0.117 e. The van der Waals surface area contributed by atoms with E-state index in [1.807, 2.05) is 0 Å². The Morgan fingerprint density at radius 2 is 1.60 bits per heavy atom. The van der Waals surface area contributed by atoms with Crippen LogP contribution in [0.4, 0.5) is 0 Å². The first-order valence-corrected chi connectivity index (χ1v) is 9.41. The summed E-state index contributed by atoms with van der Waals surface area (Å²) in [5.74, 6) is 3.65. The predicted molar refractivity (Wildman–Crippen MR) is 82.3 cm³/mol. The molecule has 0 aromatic heterocycles. The summed E-state index contributed by atoms with van der Waals surface area (Å²) in [5.41, 5.74) is 0.892. The van der Waals surface area contributed by atoms with Gasteiger partial charge in [-0.3, -0.25) is 0 Å². The van der Waals surface area contributed by atoms with E-state index < -0.39 is 4.33 Å². The number of hydrogen-bond acceptors (Lipinski definition) is 0. The molecule has 0 saturated heterocycles. The van der Waals surface area contributed by atoms with Gasteiger partial charge in [-0.2, -0.15) is 0 Å². The molecule has 6 aliphatic rings. The van der Waals surface area contributed by atoms with Crippen LogP contribution in [0.3, 0.4) is 0 Å². The Morgan fingerprint density at radius 1 is 0.950 bits per heavy atom. The van der Waals surface area contributed by atoms with Crippen LogP contribution in [0.1, 0.15) is 25.7 Å². The minimum atomic E-state index is -0.451. The van der Waals surface area contributed by atoms with Crippen molar-refractivity contribution >= 4 is 46.4 Å². The SMILES string of the molecule is ClC1=C[C@H]2[C@@H]3[C@H]4[C@H](C4(Cl)Cl)C4(CC4)[C@H]3[C@@H]([C@H]1Cl)C21CC1. The quantitative estimate of drug-likeness (QED) is 0.527. The molecule has 108 valence electrons. The van der Waals surface area contributed by atoms with E-state index in [0.717, 1.165) is 11.0 Å². The van der Waals surface area contributed by atoms with Gasteiger partial charge in [0.2, 0.25) is 0 Å². The smallest absolute Gasteiger partial charge is 0.117 e. The van der Waals surface area contributed by atoms with E-state index in [0.29, 0.717) is 40.4 Å². The fourth-order valence-corrected chi connectivity index (χ4v) is 9.05. The molecule has 5 saturated carbocycles. The number of hydrogen-bond donors (Lipinski definition) is 0. The third-order valence-electron chi connectivity index (χ3n) is 7.92. The molecule has 0 heterocycles. The van der Waals surface area contributed by atoms with Gasteiger partial charge in [0.05, 0.1) is 5.38 Å². The molecule has 6 aliphatic carbocycles. The first-order valence-electron chi connectivity index (χ1n) is 7.84. The summed E-state index contributed by atoms with van der Waals surface area (Å²) < 4.78 is -0.451. The van der Waals surface area contributed by atoms with Crippen molar-refractivity contribution in [2.45, 2.75) is 35.4 Å². The highest BCUT2D eigenvalue weighted by molar-refractivity contribution is 6.51. The molecule has 7 atom stereocenters. The first kappa shape index (κ1) is 12.3. The van der Waals surface area contributed by atoms with Gasteiger partial charge in [0.25, 0.3) is 0 Å². The van der Waals surface area contributed by atoms with Crippen molar-refractivity contribution < 1.29 is 0 Å². The molecule has 0 aliphatic heterocycles. The van der Waals surface area contributed by atoms with Crippen LogP contribution >= 0.6 is 46.4 Å². The molecule has 0 N–H and O–H groups in total. The maximum atomic E-state index is 6.77. The van der Waals surface area contributed by atoms with Gasteiger partial charge in [0, 0.05) is 16.9 Å². The van der Waals surface area contributed by atoms with Crippen molar-refractivity contribution in [2.75, 3.05) is 0 Å². The van der Waals surface area contributed by atoms with Crippen LogP contribution in [0, 0.1) is 46.3 Å². The summed E-state index contributed by atoms with van der Waals surface area (Å²) >= 11 is 26.6. The molecule has 0 aromatic carbocycles. The summed E-state index contributed by atoms with van der Waals surface area (Å²) in [4.78, 5) is 0. The molecular formula is C16H16Cl4. The zero-order valence-electron chi connectivity index (χ0n) is 11.0. The highest BCUT2D eigenvalue weighted by atomic mass is 35.5. The Labute approximate surface area is 139 Å². The van der Waals surface area contributed by atoms with Gasteiger partial charge in [-0.05, 0) is 60.2 Å². The van der Waals surface area contributed by atoms with Crippen molar-refractivity contribution in [1.29, 1.82) is 0 Å². The number of rotatable bonds is 0. The summed E-state index contributed by atoms with van der Waals surface area (Å²) in [5, 5.41) is 0.941. The van der Waals surface area contributed by atoms with Crippen molar-refractivity contribution in [3.63, 3.8) is 0 Å². The van der Waals surface area contributed by atoms with Crippen LogP contribution in [-0.4, -0.2) is 9.71 Å². The largest absolute Gasteiger partial charge is 0.125 e. The maximum Gasteiger partial charge on any atom is 0.125 e. The Balaban J connectivity index is 1.56. The second-order valence-corrected chi connectivity index (χ2v) is 10.6. The van der Waals surface area contributed by atoms with E-state index in [4.69, 9.17) is 46.4 Å². The second kappa shape index (κ2) is 3.10. The third kappa shape index (κ3) is 1.02. The first-order chi connectivity index (χ1) is 9.45. The Bertz CT molecular complexity index is 571. The average Bonchev–Trinajstić information content (AvgIpc) is 3.23. The number of halogens is 4. The third-order valence-corrected chi connectivity index (χ3v) is 9.88. The van der Waals surface area contributed by atoms with Gasteiger partial charge in [-0.15, -0.1) is 34.8 Å². The molecule has 0 aromatic rings. The number of fused-ring (bicyclic) bond motifs is 7. The van der Waals surface area contributed by atoms with E-state index in [1.165, 1.54) is 25.7 Å². The van der Waals surface area contributed by atoms with Gasteiger partial charge in [-0.25, -0.2) is 0 Å². The molecule has 0 nitrogen and oxygen atoms in total. The molecule has 0 amide bonds. The lowest BCUT2D eigenvalue weighted by atomic mass is 9.72. The van der Waals surface area contributed by atoms with E-state index in [1.54, 1.807) is 0 Å². The molecule has 4 heteroatoms. The standard InChI is InChI=1S/C16H16Cl4/c17-7-5-6-8-9(11(12(7)18)14(6)1-2-14)15(3-4-15)13-10(8)16(13,19)20/h5-6,8-13H,1-4H2/t6-,8-,9+,10-,11-,12-,13-/m0/s1. The number of allylic oxidation sites excluding steroid dienone is 2. The van der Waals surface area contributed by atoms with Crippen LogP contribution in [0.15, 0.2) is 11.1 Å². The van der Waals surface area contributed by atoms with Gasteiger partial charge >= 0.3 is 0 Å². The fraction of sp³-hybridized carbons (Fsp3) is 0.875. The van der Waals surface area contributed by atoms with Gasteiger partial charge in [0.15, 0.2) is 0 Å². The monoisotopic (exact) mass is 348 g/mol. The molecule has 2 bridgehead atoms. The van der Waals surface area contributed by atoms with E-state index in [-0.39, 0.29) is 5.38 Å². The molecular weight excluding hydrogens is 334 g/mol. The van der Waals surface area contributed by atoms with Crippen molar-refractivity contribution in [3.8, 4) is 0 Å². The van der Waals surface area contributed by atoms with Crippen molar-refractivity contribution in [3.05, 3.63) is 11.1 Å². The van der Waals surface area contributed by atoms with Gasteiger partial charge < -0.3 is 0 Å². The highest BCUT2D eigenvalue weighted by Gasteiger charge is 2.90. The van der Waals surface area contributed by atoms with Crippen LogP contribution in [0.5, 0.6) is 0 Å². The molecule has 0 radical (unpaired) electrons. The zero-order chi connectivity index (χ0) is 13.7. The zero-order valence-corrected chi connectivity index (χ0v) is 14.0. The lowest BCUT2D eigenvalue weighted by Crippen LogP contribution is -2.35. The topological polar surface area (TPSA) is 0 Å².